The zero-order valence-corrected chi connectivity index (χ0v) is 9.21. The van der Waals surface area contributed by atoms with Crippen molar-refractivity contribution in [2.24, 2.45) is 0 Å². The molecule has 5 heteroatoms. The molecule has 2 rings (SSSR count). The van der Waals surface area contributed by atoms with E-state index in [1.165, 1.54) is 6.33 Å². The third-order valence-electron chi connectivity index (χ3n) is 2.27. The first-order valence-electron chi connectivity index (χ1n) is 4.79. The summed E-state index contributed by atoms with van der Waals surface area (Å²) >= 11 is 0. The quantitative estimate of drug-likeness (QED) is 0.783. The van der Waals surface area contributed by atoms with Crippen molar-refractivity contribution in [3.05, 3.63) is 36.7 Å². The van der Waals surface area contributed by atoms with Gasteiger partial charge in [0.25, 0.3) is 0 Å². The highest BCUT2D eigenvalue weighted by Gasteiger charge is 2.07. The fourth-order valence-corrected chi connectivity index (χ4v) is 1.41. The van der Waals surface area contributed by atoms with Crippen LogP contribution in [0.25, 0.3) is 11.3 Å². The van der Waals surface area contributed by atoms with Gasteiger partial charge in [-0.15, -0.1) is 5.10 Å². The molecular weight excluding hydrogens is 204 g/mol. The fourth-order valence-electron chi connectivity index (χ4n) is 1.41. The second-order valence-electron chi connectivity index (χ2n) is 3.42. The van der Waals surface area contributed by atoms with Gasteiger partial charge < -0.3 is 4.74 Å². The van der Waals surface area contributed by atoms with Gasteiger partial charge >= 0.3 is 0 Å². The van der Waals surface area contributed by atoms with Crippen LogP contribution in [0.1, 0.15) is 12.5 Å². The lowest BCUT2D eigenvalue weighted by Gasteiger charge is -2.09. The molecule has 0 amide bonds. The third-order valence-corrected chi connectivity index (χ3v) is 2.27. The molecule has 0 unspecified atom stereocenters. The van der Waals surface area contributed by atoms with Crippen LogP contribution in [0, 0.1) is 0 Å². The zero-order valence-electron chi connectivity index (χ0n) is 9.21. The molecule has 0 saturated heterocycles. The van der Waals surface area contributed by atoms with Crippen LogP contribution in [0.15, 0.2) is 31.1 Å². The minimum absolute atomic E-state index is 0.720. The largest absolute Gasteiger partial charge is 0.494 e. The summed E-state index contributed by atoms with van der Waals surface area (Å²) < 4.78 is 6.82. The molecule has 1 heterocycles. The summed E-state index contributed by atoms with van der Waals surface area (Å²) in [7, 11) is 1.61. The topological polar surface area (TPSA) is 52.8 Å². The van der Waals surface area contributed by atoms with Crippen molar-refractivity contribution in [2.75, 3.05) is 7.11 Å². The summed E-state index contributed by atoms with van der Waals surface area (Å²) in [6.45, 7) is 5.85. The molecule has 0 saturated carbocycles. The Bertz CT molecular complexity index is 505. The van der Waals surface area contributed by atoms with E-state index in [0.29, 0.717) is 0 Å². The average molecular weight is 216 g/mol. The van der Waals surface area contributed by atoms with E-state index >= 15 is 0 Å². The maximum Gasteiger partial charge on any atom is 0.144 e. The molecule has 0 spiro atoms. The summed E-state index contributed by atoms with van der Waals surface area (Å²) in [5.74, 6) is 0.720. The molecule has 0 radical (unpaired) electrons. The lowest BCUT2D eigenvalue weighted by Crippen LogP contribution is -1.99. The van der Waals surface area contributed by atoms with Crippen LogP contribution in [0.5, 0.6) is 5.75 Å². The second-order valence-corrected chi connectivity index (χ2v) is 3.42. The standard InChI is InChI=1S/C11H12N4O/c1-8(2)9-4-5-11(16-3)10(6-9)15-7-12-13-14-15/h4-7H,1H2,2-3H3. The number of tetrazole rings is 1. The number of nitrogens with zero attached hydrogens (tertiary/aromatic N) is 4. The van der Waals surface area contributed by atoms with Crippen molar-refractivity contribution in [1.82, 2.24) is 20.2 Å². The van der Waals surface area contributed by atoms with Crippen molar-refractivity contribution < 1.29 is 4.74 Å². The minimum Gasteiger partial charge on any atom is -0.494 e. The highest BCUT2D eigenvalue weighted by Crippen LogP contribution is 2.25. The van der Waals surface area contributed by atoms with E-state index in [2.05, 4.69) is 22.1 Å². The van der Waals surface area contributed by atoms with Crippen LogP contribution < -0.4 is 4.74 Å². The first-order chi connectivity index (χ1) is 7.72. The summed E-state index contributed by atoms with van der Waals surface area (Å²) in [5.41, 5.74) is 2.82. The highest BCUT2D eigenvalue weighted by atomic mass is 16.5. The minimum atomic E-state index is 0.720. The van der Waals surface area contributed by atoms with E-state index < -0.39 is 0 Å². The number of ether oxygens (including phenoxy) is 1. The fraction of sp³-hybridized carbons (Fsp3) is 0.182. The van der Waals surface area contributed by atoms with E-state index in [-0.39, 0.29) is 0 Å². The normalized spacial score (nSPS) is 10.1. The van der Waals surface area contributed by atoms with Gasteiger partial charge in [-0.2, -0.15) is 4.68 Å². The Morgan fingerprint density at radius 1 is 1.44 bits per heavy atom. The predicted octanol–water partition coefficient (Wildman–Crippen LogP) is 1.70. The molecule has 0 aliphatic heterocycles. The summed E-state index contributed by atoms with van der Waals surface area (Å²) in [4.78, 5) is 0. The molecule has 0 aliphatic carbocycles. The summed E-state index contributed by atoms with van der Waals surface area (Å²) in [5, 5.41) is 11.0. The molecule has 82 valence electrons. The van der Waals surface area contributed by atoms with Gasteiger partial charge in [0, 0.05) is 0 Å². The van der Waals surface area contributed by atoms with Gasteiger partial charge in [-0.05, 0) is 35.0 Å². The number of hydrogen-bond acceptors (Lipinski definition) is 4. The number of benzene rings is 1. The Balaban J connectivity index is 2.56. The Hall–Kier alpha value is -2.17. The van der Waals surface area contributed by atoms with Crippen molar-refractivity contribution in [3.63, 3.8) is 0 Å². The lowest BCUT2D eigenvalue weighted by atomic mass is 10.1. The Kier molecular flexibility index (Phi) is 2.68. The van der Waals surface area contributed by atoms with E-state index in [1.807, 2.05) is 25.1 Å². The summed E-state index contributed by atoms with van der Waals surface area (Å²) in [6, 6.07) is 5.77. The van der Waals surface area contributed by atoms with E-state index in [1.54, 1.807) is 11.8 Å². The molecule has 2 aromatic rings. The average Bonchev–Trinajstić information content (AvgIpc) is 2.81. The third kappa shape index (κ3) is 1.79. The maximum atomic E-state index is 5.26. The van der Waals surface area contributed by atoms with E-state index in [9.17, 15) is 0 Å². The molecule has 1 aromatic heterocycles. The number of hydrogen-bond donors (Lipinski definition) is 0. The SMILES string of the molecule is C=C(C)c1ccc(OC)c(-n2cnnn2)c1. The predicted molar refractivity (Wildman–Crippen MR) is 60.4 cm³/mol. The van der Waals surface area contributed by atoms with Gasteiger partial charge in [0.2, 0.25) is 0 Å². The van der Waals surface area contributed by atoms with E-state index in [0.717, 1.165) is 22.6 Å². The molecule has 16 heavy (non-hydrogen) atoms. The molecule has 0 atom stereocenters. The second kappa shape index (κ2) is 4.14. The van der Waals surface area contributed by atoms with Crippen molar-refractivity contribution in [2.45, 2.75) is 6.92 Å². The van der Waals surface area contributed by atoms with Gasteiger partial charge in [-0.25, -0.2) is 0 Å². The van der Waals surface area contributed by atoms with E-state index in [4.69, 9.17) is 4.74 Å². The Labute approximate surface area is 93.4 Å². The molecule has 0 bridgehead atoms. The van der Waals surface area contributed by atoms with Crippen LogP contribution in [-0.4, -0.2) is 27.3 Å². The van der Waals surface area contributed by atoms with Crippen molar-refractivity contribution in [1.29, 1.82) is 0 Å². The van der Waals surface area contributed by atoms with Crippen LogP contribution in [0.4, 0.5) is 0 Å². The zero-order chi connectivity index (χ0) is 11.5. The Morgan fingerprint density at radius 2 is 2.25 bits per heavy atom. The number of rotatable bonds is 3. The van der Waals surface area contributed by atoms with Crippen molar-refractivity contribution >= 4 is 5.57 Å². The number of methoxy groups -OCH3 is 1. The van der Waals surface area contributed by atoms with Crippen LogP contribution in [0.3, 0.4) is 0 Å². The first-order valence-corrected chi connectivity index (χ1v) is 4.79. The maximum absolute atomic E-state index is 5.26. The van der Waals surface area contributed by atoms with Gasteiger partial charge in [0.15, 0.2) is 0 Å². The highest BCUT2D eigenvalue weighted by molar-refractivity contribution is 5.65. The lowest BCUT2D eigenvalue weighted by molar-refractivity contribution is 0.411. The Morgan fingerprint density at radius 3 is 2.81 bits per heavy atom. The molecule has 1 aromatic carbocycles. The monoisotopic (exact) mass is 216 g/mol. The van der Waals surface area contributed by atoms with Gasteiger partial charge in [0.1, 0.15) is 17.8 Å². The summed E-state index contributed by atoms with van der Waals surface area (Å²) in [6.07, 6.45) is 1.53. The molecule has 0 fully saturated rings. The number of aromatic nitrogens is 4. The van der Waals surface area contributed by atoms with Gasteiger partial charge in [-0.3, -0.25) is 0 Å². The molecule has 0 N–H and O–H groups in total. The first kappa shape index (κ1) is 10.4. The molecular formula is C11H12N4O. The van der Waals surface area contributed by atoms with Crippen LogP contribution in [0.2, 0.25) is 0 Å². The van der Waals surface area contributed by atoms with Crippen LogP contribution in [-0.2, 0) is 0 Å². The molecule has 5 nitrogen and oxygen atoms in total. The van der Waals surface area contributed by atoms with Gasteiger partial charge in [-0.1, -0.05) is 18.2 Å². The van der Waals surface area contributed by atoms with Crippen LogP contribution >= 0.6 is 0 Å². The number of allylic oxidation sites excluding steroid dienone is 1. The van der Waals surface area contributed by atoms with Gasteiger partial charge in [0.05, 0.1) is 7.11 Å². The van der Waals surface area contributed by atoms with Crippen molar-refractivity contribution in [3.8, 4) is 11.4 Å². The molecule has 0 aliphatic rings. The smallest absolute Gasteiger partial charge is 0.144 e.